The fourth-order valence-corrected chi connectivity index (χ4v) is 3.19. The van der Waals surface area contributed by atoms with Gasteiger partial charge in [-0.3, -0.25) is 4.79 Å². The highest BCUT2D eigenvalue weighted by Crippen LogP contribution is 2.16. The molecule has 3 aromatic rings. The third kappa shape index (κ3) is 7.20. The summed E-state index contributed by atoms with van der Waals surface area (Å²) in [4.78, 5) is 29.5. The van der Waals surface area contributed by atoms with E-state index in [0.29, 0.717) is 35.6 Å². The van der Waals surface area contributed by atoms with Crippen molar-refractivity contribution in [3.8, 4) is 6.07 Å². The van der Waals surface area contributed by atoms with Crippen molar-refractivity contribution in [3.05, 3.63) is 95.6 Å². The van der Waals surface area contributed by atoms with E-state index in [1.807, 2.05) is 55.4 Å². The topological polar surface area (TPSA) is 88.5 Å². The lowest BCUT2D eigenvalue weighted by Crippen LogP contribution is -2.39. The third-order valence-electron chi connectivity index (χ3n) is 4.95. The Morgan fingerprint density at radius 2 is 1.55 bits per heavy atom. The third-order valence-corrected chi connectivity index (χ3v) is 4.95. The number of benzene rings is 3. The maximum absolute atomic E-state index is 13.0. The van der Waals surface area contributed by atoms with Crippen molar-refractivity contribution in [2.75, 3.05) is 37.8 Å². The fourth-order valence-electron chi connectivity index (χ4n) is 3.19. The van der Waals surface area contributed by atoms with Crippen LogP contribution in [0.1, 0.15) is 21.5 Å². The summed E-state index contributed by atoms with van der Waals surface area (Å²) < 4.78 is 0. The van der Waals surface area contributed by atoms with Gasteiger partial charge in [-0.1, -0.05) is 42.5 Å². The highest BCUT2D eigenvalue weighted by atomic mass is 16.2. The standard InChI is InChI=1S/C26H27N5O2/c1-30(2)14-15-31(19-20-8-4-3-5-9-20)26(33)29-24-13-7-11-22(17-24)25(32)28-23-12-6-10-21(16-23)18-27/h3-13,16-17H,14-15,19H2,1-2H3,(H,28,32)(H,29,33). The van der Waals surface area contributed by atoms with Crippen LogP contribution in [0.25, 0.3) is 0 Å². The van der Waals surface area contributed by atoms with Crippen LogP contribution in [0.5, 0.6) is 0 Å². The lowest BCUT2D eigenvalue weighted by molar-refractivity contribution is 0.102. The second kappa shape index (κ2) is 11.5. The van der Waals surface area contributed by atoms with E-state index < -0.39 is 0 Å². The predicted molar refractivity (Wildman–Crippen MR) is 130 cm³/mol. The molecule has 0 saturated heterocycles. The second-order valence-electron chi connectivity index (χ2n) is 7.87. The Labute approximate surface area is 194 Å². The number of likely N-dealkylation sites (N-methyl/N-ethyl adjacent to an activating group) is 1. The largest absolute Gasteiger partial charge is 0.322 e. The maximum Gasteiger partial charge on any atom is 0.322 e. The van der Waals surface area contributed by atoms with E-state index in [-0.39, 0.29) is 11.9 Å². The molecule has 3 rings (SSSR count). The van der Waals surface area contributed by atoms with Crippen LogP contribution in [0.15, 0.2) is 78.9 Å². The first kappa shape index (κ1) is 23.5. The zero-order valence-electron chi connectivity index (χ0n) is 18.8. The van der Waals surface area contributed by atoms with Crippen molar-refractivity contribution in [1.82, 2.24) is 9.80 Å². The molecule has 2 N–H and O–H groups in total. The molecule has 0 heterocycles. The van der Waals surface area contributed by atoms with Gasteiger partial charge >= 0.3 is 6.03 Å². The summed E-state index contributed by atoms with van der Waals surface area (Å²) in [5.74, 6) is -0.324. The zero-order chi connectivity index (χ0) is 23.6. The van der Waals surface area contributed by atoms with Crippen LogP contribution in [0.2, 0.25) is 0 Å². The quantitative estimate of drug-likeness (QED) is 0.542. The fraction of sp³-hybridized carbons (Fsp3) is 0.192. The van der Waals surface area contributed by atoms with E-state index in [1.54, 1.807) is 53.4 Å². The van der Waals surface area contributed by atoms with Crippen molar-refractivity contribution < 1.29 is 9.59 Å². The number of nitrogens with zero attached hydrogens (tertiary/aromatic N) is 3. The molecular formula is C26H27N5O2. The number of nitrogens with one attached hydrogen (secondary N) is 2. The number of hydrogen-bond donors (Lipinski definition) is 2. The van der Waals surface area contributed by atoms with E-state index in [4.69, 9.17) is 5.26 Å². The van der Waals surface area contributed by atoms with Gasteiger partial charge in [-0.05, 0) is 56.1 Å². The van der Waals surface area contributed by atoms with Gasteiger partial charge < -0.3 is 20.4 Å². The summed E-state index contributed by atoms with van der Waals surface area (Å²) in [6.45, 7) is 1.77. The maximum atomic E-state index is 13.0. The molecule has 0 aliphatic rings. The molecule has 0 unspecified atom stereocenters. The number of hydrogen-bond acceptors (Lipinski definition) is 4. The van der Waals surface area contributed by atoms with E-state index in [1.165, 1.54) is 0 Å². The van der Waals surface area contributed by atoms with Crippen LogP contribution in [0.3, 0.4) is 0 Å². The Bertz CT molecular complexity index is 1140. The van der Waals surface area contributed by atoms with Gasteiger partial charge in [-0.25, -0.2) is 4.79 Å². The molecule has 168 valence electrons. The first-order valence-corrected chi connectivity index (χ1v) is 10.6. The van der Waals surface area contributed by atoms with Gasteiger partial charge in [0.2, 0.25) is 0 Å². The van der Waals surface area contributed by atoms with Gasteiger partial charge in [0.05, 0.1) is 11.6 Å². The SMILES string of the molecule is CN(C)CCN(Cc1ccccc1)C(=O)Nc1cccc(C(=O)Nc2cccc(C#N)c2)c1. The first-order chi connectivity index (χ1) is 15.9. The number of rotatable bonds is 8. The lowest BCUT2D eigenvalue weighted by atomic mass is 10.1. The van der Waals surface area contributed by atoms with Crippen LogP contribution in [-0.4, -0.2) is 48.9 Å². The number of anilines is 2. The normalized spacial score (nSPS) is 10.4. The number of carbonyl (C=O) groups is 2. The molecule has 3 amide bonds. The number of amides is 3. The molecule has 7 nitrogen and oxygen atoms in total. The monoisotopic (exact) mass is 441 g/mol. The van der Waals surface area contributed by atoms with Crippen LogP contribution >= 0.6 is 0 Å². The average molecular weight is 442 g/mol. The van der Waals surface area contributed by atoms with Crippen LogP contribution < -0.4 is 10.6 Å². The molecule has 0 atom stereocenters. The molecule has 0 radical (unpaired) electrons. The molecule has 0 saturated carbocycles. The van der Waals surface area contributed by atoms with E-state index in [2.05, 4.69) is 10.6 Å². The molecule has 0 aliphatic carbocycles. The smallest absolute Gasteiger partial charge is 0.322 e. The van der Waals surface area contributed by atoms with Crippen LogP contribution in [-0.2, 0) is 6.54 Å². The van der Waals surface area contributed by atoms with Crippen LogP contribution in [0, 0.1) is 11.3 Å². The van der Waals surface area contributed by atoms with Crippen molar-refractivity contribution in [3.63, 3.8) is 0 Å². The van der Waals surface area contributed by atoms with E-state index >= 15 is 0 Å². The molecule has 3 aromatic carbocycles. The number of carbonyl (C=O) groups excluding carboxylic acids is 2. The van der Waals surface area contributed by atoms with Gasteiger partial charge in [0.1, 0.15) is 0 Å². The minimum absolute atomic E-state index is 0.236. The Morgan fingerprint density at radius 1 is 0.848 bits per heavy atom. The number of urea groups is 1. The average Bonchev–Trinajstić information content (AvgIpc) is 2.82. The van der Waals surface area contributed by atoms with Gasteiger partial charge in [0.25, 0.3) is 5.91 Å². The second-order valence-corrected chi connectivity index (χ2v) is 7.87. The number of nitriles is 1. The first-order valence-electron chi connectivity index (χ1n) is 10.6. The summed E-state index contributed by atoms with van der Waals surface area (Å²) in [5.41, 5.74) is 2.97. The zero-order valence-corrected chi connectivity index (χ0v) is 18.8. The Kier molecular flexibility index (Phi) is 8.17. The molecule has 33 heavy (non-hydrogen) atoms. The van der Waals surface area contributed by atoms with Crippen molar-refractivity contribution >= 4 is 23.3 Å². The Hall–Kier alpha value is -4.15. The molecule has 0 fully saturated rings. The Morgan fingerprint density at radius 3 is 2.24 bits per heavy atom. The van der Waals surface area contributed by atoms with Crippen molar-refractivity contribution in [2.45, 2.75) is 6.54 Å². The minimum atomic E-state index is -0.324. The van der Waals surface area contributed by atoms with Crippen molar-refractivity contribution in [1.29, 1.82) is 5.26 Å². The summed E-state index contributed by atoms with van der Waals surface area (Å²) >= 11 is 0. The molecule has 0 aliphatic heterocycles. The molecule has 0 bridgehead atoms. The lowest BCUT2D eigenvalue weighted by Gasteiger charge is -2.25. The van der Waals surface area contributed by atoms with Crippen molar-refractivity contribution in [2.24, 2.45) is 0 Å². The summed E-state index contributed by atoms with van der Waals surface area (Å²) in [5, 5.41) is 14.7. The van der Waals surface area contributed by atoms with Gasteiger partial charge in [-0.2, -0.15) is 5.26 Å². The molecular weight excluding hydrogens is 414 g/mol. The minimum Gasteiger partial charge on any atom is -0.322 e. The van der Waals surface area contributed by atoms with E-state index in [9.17, 15) is 9.59 Å². The van der Waals surface area contributed by atoms with E-state index in [0.717, 1.165) is 12.1 Å². The Balaban J connectivity index is 1.70. The molecule has 0 spiro atoms. The predicted octanol–water partition coefficient (Wildman–Crippen LogP) is 4.41. The molecule has 7 heteroatoms. The van der Waals surface area contributed by atoms with Gasteiger partial charge in [-0.15, -0.1) is 0 Å². The summed E-state index contributed by atoms with van der Waals surface area (Å²) in [7, 11) is 3.93. The van der Waals surface area contributed by atoms with Crippen LogP contribution in [0.4, 0.5) is 16.2 Å². The summed E-state index contributed by atoms with van der Waals surface area (Å²) in [6.07, 6.45) is 0. The highest BCUT2D eigenvalue weighted by molar-refractivity contribution is 6.05. The molecule has 0 aromatic heterocycles. The van der Waals surface area contributed by atoms with Gasteiger partial charge in [0, 0.05) is 36.6 Å². The summed E-state index contributed by atoms with van der Waals surface area (Å²) in [6, 6.07) is 25.1. The van der Waals surface area contributed by atoms with Gasteiger partial charge in [0.15, 0.2) is 0 Å². The highest BCUT2D eigenvalue weighted by Gasteiger charge is 2.15.